The summed E-state index contributed by atoms with van der Waals surface area (Å²) in [6.07, 6.45) is 3.60. The van der Waals surface area contributed by atoms with Crippen LogP contribution < -0.4 is 19.1 Å². The number of carbonyl (C=O) groups excluding carboxylic acids is 4. The molecule has 0 spiro atoms. The number of anilines is 1. The molecule has 2 aliphatic rings. The number of methoxy groups -OCH3 is 1. The predicted octanol–water partition coefficient (Wildman–Crippen LogP) is 4.87. The quantitative estimate of drug-likeness (QED) is 0.202. The molecule has 0 N–H and O–H groups in total. The highest BCUT2D eigenvalue weighted by Gasteiger charge is 2.67. The third-order valence-electron chi connectivity index (χ3n) is 7.81. The van der Waals surface area contributed by atoms with Crippen LogP contribution in [0.2, 0.25) is 0 Å². The van der Waals surface area contributed by atoms with Gasteiger partial charge in [0.25, 0.3) is 0 Å². The van der Waals surface area contributed by atoms with Crippen molar-refractivity contribution in [2.24, 2.45) is 5.41 Å². The molecule has 0 radical (unpaired) electrons. The maximum Gasteiger partial charge on any atom is 0.329 e. The van der Waals surface area contributed by atoms with Gasteiger partial charge in [-0.1, -0.05) is 36.4 Å². The standard InChI is InChI=1S/C34H30N2O8/c1-5-42-33(40)34(19-35)29-17-13-22-8-6-7-9-26(22)36(29)31(32(39)23-10-14-25(15-11-23)43-20(2)37)30(34)24-12-16-27(44-21(3)38)28(18-24)41-4/h6-18,29-31H,5H2,1-4H3/t29-,30+,31-,34-/m0/s1. The highest BCUT2D eigenvalue weighted by atomic mass is 16.6. The number of hydrogen-bond donors (Lipinski definition) is 0. The Morgan fingerprint density at radius 1 is 0.932 bits per heavy atom. The molecule has 44 heavy (non-hydrogen) atoms. The number of hydrogen-bond acceptors (Lipinski definition) is 10. The van der Waals surface area contributed by atoms with Crippen LogP contribution in [0.3, 0.4) is 0 Å². The molecule has 4 atom stereocenters. The Balaban J connectivity index is 1.76. The monoisotopic (exact) mass is 594 g/mol. The minimum absolute atomic E-state index is 0.0208. The average molecular weight is 595 g/mol. The molecule has 0 amide bonds. The van der Waals surface area contributed by atoms with Crippen LogP contribution in [-0.4, -0.2) is 49.5 Å². The van der Waals surface area contributed by atoms with Crippen molar-refractivity contribution in [3.8, 4) is 23.3 Å². The fraction of sp³-hybridized carbons (Fsp3) is 0.265. The molecule has 0 bridgehead atoms. The summed E-state index contributed by atoms with van der Waals surface area (Å²) in [5, 5.41) is 11.0. The summed E-state index contributed by atoms with van der Waals surface area (Å²) >= 11 is 0. The second kappa shape index (κ2) is 12.1. The molecule has 2 heterocycles. The lowest BCUT2D eigenvalue weighted by molar-refractivity contribution is -0.152. The van der Waals surface area contributed by atoms with Gasteiger partial charge in [-0.3, -0.25) is 19.2 Å². The Morgan fingerprint density at radius 2 is 1.64 bits per heavy atom. The van der Waals surface area contributed by atoms with E-state index in [4.69, 9.17) is 18.9 Å². The van der Waals surface area contributed by atoms with Gasteiger partial charge in [-0.05, 0) is 60.5 Å². The summed E-state index contributed by atoms with van der Waals surface area (Å²) in [6, 6.07) is 18.6. The zero-order valence-electron chi connectivity index (χ0n) is 24.6. The van der Waals surface area contributed by atoms with E-state index in [1.807, 2.05) is 35.2 Å². The Morgan fingerprint density at radius 3 is 2.27 bits per heavy atom. The molecule has 0 aliphatic carbocycles. The average Bonchev–Trinajstić information content (AvgIpc) is 3.32. The number of fused-ring (bicyclic) bond motifs is 3. The van der Waals surface area contributed by atoms with Crippen LogP contribution in [0, 0.1) is 16.7 Å². The molecule has 10 heteroatoms. The van der Waals surface area contributed by atoms with Gasteiger partial charge in [-0.25, -0.2) is 0 Å². The normalized spacial score (nSPS) is 21.3. The van der Waals surface area contributed by atoms with Crippen molar-refractivity contribution >= 4 is 35.5 Å². The first-order valence-electron chi connectivity index (χ1n) is 14.0. The largest absolute Gasteiger partial charge is 0.493 e. The van der Waals surface area contributed by atoms with Gasteiger partial charge in [0.1, 0.15) is 11.8 Å². The van der Waals surface area contributed by atoms with Crippen LogP contribution in [0.4, 0.5) is 5.69 Å². The number of ether oxygens (including phenoxy) is 4. The smallest absolute Gasteiger partial charge is 0.329 e. The second-order valence-electron chi connectivity index (χ2n) is 10.4. The molecular weight excluding hydrogens is 564 g/mol. The summed E-state index contributed by atoms with van der Waals surface area (Å²) < 4.78 is 21.5. The van der Waals surface area contributed by atoms with E-state index in [2.05, 4.69) is 6.07 Å². The number of Topliss-reactive ketones (excluding diaryl/α,β-unsaturated/α-hetero) is 1. The summed E-state index contributed by atoms with van der Waals surface area (Å²) in [7, 11) is 1.40. The van der Waals surface area contributed by atoms with Gasteiger partial charge in [-0.15, -0.1) is 0 Å². The summed E-state index contributed by atoms with van der Waals surface area (Å²) in [5.74, 6) is -2.66. The third-order valence-corrected chi connectivity index (χ3v) is 7.81. The minimum Gasteiger partial charge on any atom is -0.493 e. The molecule has 0 unspecified atom stereocenters. The van der Waals surface area contributed by atoms with E-state index < -0.39 is 41.3 Å². The first kappa shape index (κ1) is 30.0. The molecule has 3 aromatic carbocycles. The number of benzene rings is 3. The van der Waals surface area contributed by atoms with Crippen LogP contribution in [0.1, 0.15) is 48.2 Å². The first-order chi connectivity index (χ1) is 21.2. The number of para-hydroxylation sites is 1. The van der Waals surface area contributed by atoms with Crippen molar-refractivity contribution in [1.29, 1.82) is 5.26 Å². The van der Waals surface area contributed by atoms with Crippen molar-refractivity contribution < 1.29 is 38.1 Å². The molecule has 5 rings (SSSR count). The van der Waals surface area contributed by atoms with Gasteiger partial charge in [0.05, 0.1) is 25.8 Å². The number of nitriles is 1. The molecular formula is C34H30N2O8. The van der Waals surface area contributed by atoms with E-state index in [1.165, 1.54) is 39.2 Å². The Bertz CT molecular complexity index is 1710. The minimum atomic E-state index is -1.87. The Hall–Kier alpha value is -5.43. The summed E-state index contributed by atoms with van der Waals surface area (Å²) in [4.78, 5) is 53.7. The number of esters is 3. The molecule has 224 valence electrons. The van der Waals surface area contributed by atoms with Crippen molar-refractivity contribution in [2.75, 3.05) is 18.6 Å². The molecule has 1 saturated heterocycles. The van der Waals surface area contributed by atoms with Gasteiger partial charge >= 0.3 is 17.9 Å². The van der Waals surface area contributed by atoms with Crippen molar-refractivity contribution in [3.63, 3.8) is 0 Å². The van der Waals surface area contributed by atoms with Crippen LogP contribution in [-0.2, 0) is 19.1 Å². The maximum atomic E-state index is 14.6. The van der Waals surface area contributed by atoms with Gasteiger partial charge < -0.3 is 23.8 Å². The SMILES string of the molecule is CCOC(=O)[C@]1(C#N)[C@H](c2ccc(OC(C)=O)c(OC)c2)[C@@H](C(=O)c2ccc(OC(C)=O)cc2)N2c3ccccc3C=C[C@H]21. The van der Waals surface area contributed by atoms with E-state index in [0.29, 0.717) is 11.3 Å². The number of carbonyl (C=O) groups is 4. The van der Waals surface area contributed by atoms with Gasteiger partial charge in [-0.2, -0.15) is 5.26 Å². The summed E-state index contributed by atoms with van der Waals surface area (Å²) in [5.41, 5.74) is 0.326. The van der Waals surface area contributed by atoms with Gasteiger partial charge in [0.2, 0.25) is 0 Å². The van der Waals surface area contributed by atoms with Crippen LogP contribution >= 0.6 is 0 Å². The fourth-order valence-corrected chi connectivity index (χ4v) is 6.13. The zero-order valence-corrected chi connectivity index (χ0v) is 24.6. The number of rotatable bonds is 8. The molecule has 10 nitrogen and oxygen atoms in total. The Labute approximate surface area is 254 Å². The number of nitrogens with zero attached hydrogens (tertiary/aromatic N) is 2. The van der Waals surface area contributed by atoms with E-state index >= 15 is 0 Å². The second-order valence-corrected chi connectivity index (χ2v) is 10.4. The summed E-state index contributed by atoms with van der Waals surface area (Å²) in [6.45, 7) is 4.21. The molecule has 3 aromatic rings. The highest BCUT2D eigenvalue weighted by molar-refractivity contribution is 6.06. The molecule has 0 aromatic heterocycles. The van der Waals surface area contributed by atoms with Crippen molar-refractivity contribution in [1.82, 2.24) is 0 Å². The van der Waals surface area contributed by atoms with Crippen molar-refractivity contribution in [3.05, 3.63) is 89.5 Å². The van der Waals surface area contributed by atoms with E-state index in [1.54, 1.807) is 37.3 Å². The molecule has 1 fully saturated rings. The fourth-order valence-electron chi connectivity index (χ4n) is 6.13. The van der Waals surface area contributed by atoms with Crippen LogP contribution in [0.25, 0.3) is 6.08 Å². The third kappa shape index (κ3) is 5.07. The lowest BCUT2D eigenvalue weighted by Gasteiger charge is -2.36. The zero-order chi connectivity index (χ0) is 31.6. The molecule has 0 saturated carbocycles. The van der Waals surface area contributed by atoms with Crippen molar-refractivity contribution in [2.45, 2.75) is 38.8 Å². The van der Waals surface area contributed by atoms with Gasteiger partial charge in [0, 0.05) is 31.0 Å². The van der Waals surface area contributed by atoms with E-state index in [0.717, 1.165) is 5.56 Å². The number of ketones is 1. The predicted molar refractivity (Wildman–Crippen MR) is 159 cm³/mol. The van der Waals surface area contributed by atoms with E-state index in [-0.39, 0.29) is 35.2 Å². The topological polar surface area (TPSA) is 132 Å². The Kier molecular flexibility index (Phi) is 8.23. The highest BCUT2D eigenvalue weighted by Crippen LogP contribution is 2.57. The first-order valence-corrected chi connectivity index (χ1v) is 14.0. The molecule has 2 aliphatic heterocycles. The van der Waals surface area contributed by atoms with Gasteiger partial charge in [0.15, 0.2) is 22.7 Å². The van der Waals surface area contributed by atoms with Crippen LogP contribution in [0.15, 0.2) is 72.8 Å². The lowest BCUT2D eigenvalue weighted by Crippen LogP contribution is -2.47. The maximum absolute atomic E-state index is 14.6. The lowest BCUT2D eigenvalue weighted by atomic mass is 9.68. The van der Waals surface area contributed by atoms with E-state index in [9.17, 15) is 24.4 Å². The van der Waals surface area contributed by atoms with Crippen LogP contribution in [0.5, 0.6) is 17.2 Å².